The van der Waals surface area contributed by atoms with Gasteiger partial charge < -0.3 is 10.1 Å². The minimum Gasteiger partial charge on any atom is -0.497 e. The molecule has 0 aliphatic heterocycles. The summed E-state index contributed by atoms with van der Waals surface area (Å²) in [5.41, 5.74) is -0.467. The maximum atomic E-state index is 11.7. The zero-order chi connectivity index (χ0) is 25.0. The molecule has 0 radical (unpaired) electrons. The van der Waals surface area contributed by atoms with E-state index in [2.05, 4.69) is 4.74 Å². The van der Waals surface area contributed by atoms with Crippen LogP contribution in [0.5, 0.6) is 5.75 Å². The summed E-state index contributed by atoms with van der Waals surface area (Å²) in [4.78, 5) is 11.7. The van der Waals surface area contributed by atoms with E-state index in [0.717, 1.165) is 0 Å². The second kappa shape index (κ2) is 5.54. The lowest BCUT2D eigenvalue weighted by Crippen LogP contribution is -2.22. The summed E-state index contributed by atoms with van der Waals surface area (Å²) >= 11 is 0. The van der Waals surface area contributed by atoms with E-state index in [1.54, 1.807) is 5.32 Å². The maximum Gasteiger partial charge on any atom is 0.216 e. The van der Waals surface area contributed by atoms with Crippen LogP contribution in [0.15, 0.2) is 36.3 Å². The van der Waals surface area contributed by atoms with E-state index >= 15 is 0 Å². The summed E-state index contributed by atoms with van der Waals surface area (Å²) in [6.45, 7) is -5.98. The fourth-order valence-corrected chi connectivity index (χ4v) is 1.34. The van der Waals surface area contributed by atoms with Gasteiger partial charge in [0.15, 0.2) is 0 Å². The molecule has 2 aromatic carbocycles. The van der Waals surface area contributed by atoms with Gasteiger partial charge >= 0.3 is 0 Å². The molecular weight excluding hydrogens is 226 g/mol. The monoisotopic (exact) mass is 257 g/mol. The topological polar surface area (TPSA) is 38.3 Å². The van der Waals surface area contributed by atoms with Gasteiger partial charge in [0.2, 0.25) is 5.91 Å². The fourth-order valence-electron chi connectivity index (χ4n) is 1.34. The van der Waals surface area contributed by atoms with Crippen molar-refractivity contribution in [3.05, 3.63) is 41.8 Å². The maximum absolute atomic E-state index is 11.7. The van der Waals surface area contributed by atoms with Crippen LogP contribution in [0.3, 0.4) is 0 Å². The van der Waals surface area contributed by atoms with E-state index in [0.29, 0.717) is 0 Å². The van der Waals surface area contributed by atoms with Crippen molar-refractivity contribution < 1.29 is 28.7 Å². The normalized spacial score (nSPS) is 23.8. The van der Waals surface area contributed by atoms with E-state index < -0.39 is 91.1 Å². The average Bonchev–Trinajstić information content (AvgIpc) is 2.61. The van der Waals surface area contributed by atoms with Gasteiger partial charge in [0.25, 0.3) is 0 Å². The van der Waals surface area contributed by atoms with Crippen LogP contribution >= 0.6 is 0 Å². The van der Waals surface area contributed by atoms with Gasteiger partial charge in [0.1, 0.15) is 5.75 Å². The summed E-state index contributed by atoms with van der Waals surface area (Å²) in [5, 5.41) is 0.680. The molecule has 0 atom stereocenters. The highest BCUT2D eigenvalue weighted by molar-refractivity contribution is 5.87. The molecule has 3 nitrogen and oxygen atoms in total. The zero-order valence-electron chi connectivity index (χ0n) is 23.0. The summed E-state index contributed by atoms with van der Waals surface area (Å²) in [6.07, 6.45) is -0.952. The lowest BCUT2D eigenvalue weighted by molar-refractivity contribution is -0.118. The minimum atomic E-state index is -3.18. The van der Waals surface area contributed by atoms with Crippen LogP contribution in [0, 0.1) is 0 Å². The second-order valence-electron chi connectivity index (χ2n) is 3.22. The van der Waals surface area contributed by atoms with Crippen LogP contribution in [0.1, 0.15) is 31.6 Å². The Kier molecular flexibility index (Phi) is 1.15. The van der Waals surface area contributed by atoms with Crippen molar-refractivity contribution in [2.75, 3.05) is 13.5 Å². The average molecular weight is 257 g/mol. The smallest absolute Gasteiger partial charge is 0.216 e. The van der Waals surface area contributed by atoms with Crippen LogP contribution in [-0.2, 0) is 11.2 Å². The number of nitrogens with one attached hydrogen (secondary N) is 1. The largest absolute Gasteiger partial charge is 0.497 e. The van der Waals surface area contributed by atoms with Crippen molar-refractivity contribution in [1.82, 2.24) is 5.32 Å². The number of methoxy groups -OCH3 is 1. The predicted molar refractivity (Wildman–Crippen MR) is 72.9 cm³/mol. The molecule has 18 heavy (non-hydrogen) atoms. The number of ether oxygens (including phenoxy) is 1. The number of amides is 1. The molecule has 0 spiro atoms. The van der Waals surface area contributed by atoms with Crippen molar-refractivity contribution in [2.24, 2.45) is 0 Å². The molecule has 2 rings (SSSR count). The fraction of sp³-hybridized carbons (Fsp3) is 0.267. The first-order valence-electron chi connectivity index (χ1n) is 11.8. The highest BCUT2D eigenvalue weighted by Crippen LogP contribution is 2.24. The van der Waals surface area contributed by atoms with Gasteiger partial charge in [-0.15, -0.1) is 0 Å². The highest BCUT2D eigenvalue weighted by Gasteiger charge is 2.03. The zero-order valence-corrected chi connectivity index (χ0v) is 9.02. The van der Waals surface area contributed by atoms with Crippen molar-refractivity contribution in [2.45, 2.75) is 13.3 Å². The molecule has 0 saturated carbocycles. The Morgan fingerprint density at radius 2 is 2.44 bits per heavy atom. The summed E-state index contributed by atoms with van der Waals surface area (Å²) in [7, 11) is -3.11. The van der Waals surface area contributed by atoms with E-state index in [9.17, 15) is 4.79 Å². The molecule has 0 bridgehead atoms. The third-order valence-corrected chi connectivity index (χ3v) is 2.06. The van der Waals surface area contributed by atoms with Gasteiger partial charge in [-0.05, 0) is 34.8 Å². The Bertz CT molecular complexity index is 1090. The predicted octanol–water partition coefficient (Wildman–Crippen LogP) is 2.53. The number of carbonyl (C=O) groups is 1. The third-order valence-electron chi connectivity index (χ3n) is 2.06. The number of carbonyl (C=O) groups excluding carboxylic acids is 1. The molecule has 0 aromatic heterocycles. The lowest BCUT2D eigenvalue weighted by Gasteiger charge is -2.08. The van der Waals surface area contributed by atoms with E-state index in [1.165, 1.54) is 0 Å². The molecule has 0 saturated heterocycles. The van der Waals surface area contributed by atoms with Crippen molar-refractivity contribution in [1.29, 1.82) is 0 Å². The summed E-state index contributed by atoms with van der Waals surface area (Å²) in [6, 6.07) is -4.68. The van der Waals surface area contributed by atoms with E-state index in [4.69, 9.17) is 19.2 Å². The molecular formula is C15H17NO2. The van der Waals surface area contributed by atoms with Crippen molar-refractivity contribution >= 4 is 16.7 Å². The first-order valence-corrected chi connectivity index (χ1v) is 4.82. The Labute approximate surface area is 126 Å². The van der Waals surface area contributed by atoms with Crippen LogP contribution in [0.25, 0.3) is 10.8 Å². The first kappa shape index (κ1) is 3.73. The number of rotatable bonds is 4. The van der Waals surface area contributed by atoms with Crippen LogP contribution in [0.2, 0.25) is 0 Å². The number of aryl methyl sites for hydroxylation is 1. The molecule has 1 N–H and O–H groups in total. The van der Waals surface area contributed by atoms with Gasteiger partial charge in [-0.2, -0.15) is 0 Å². The van der Waals surface area contributed by atoms with E-state index in [-0.39, 0.29) is 0 Å². The van der Waals surface area contributed by atoms with E-state index in [1.807, 2.05) is 0 Å². The second-order valence-corrected chi connectivity index (χ2v) is 3.22. The Hall–Kier alpha value is -2.03. The summed E-state index contributed by atoms with van der Waals surface area (Å²) in [5.74, 6) is -2.50. The molecule has 94 valence electrons. The van der Waals surface area contributed by atoms with Crippen molar-refractivity contribution in [3.8, 4) is 5.75 Å². The van der Waals surface area contributed by atoms with Crippen molar-refractivity contribution in [3.63, 3.8) is 0 Å². The highest BCUT2D eigenvalue weighted by atomic mass is 16.5. The summed E-state index contributed by atoms with van der Waals surface area (Å²) < 4.78 is 112. The van der Waals surface area contributed by atoms with Gasteiger partial charge in [-0.1, -0.05) is 24.2 Å². The molecule has 0 heterocycles. The Balaban J connectivity index is 2.84. The quantitative estimate of drug-likeness (QED) is 0.914. The van der Waals surface area contributed by atoms with Gasteiger partial charge in [-0.25, -0.2) is 0 Å². The van der Waals surface area contributed by atoms with Crippen LogP contribution in [-0.4, -0.2) is 19.4 Å². The molecule has 0 aliphatic rings. The molecule has 0 unspecified atom stereocenters. The molecule has 1 amide bonds. The Morgan fingerprint density at radius 1 is 1.50 bits per heavy atom. The number of hydrogen-bond donors (Lipinski definition) is 1. The van der Waals surface area contributed by atoms with Crippen LogP contribution < -0.4 is 10.1 Å². The van der Waals surface area contributed by atoms with Gasteiger partial charge in [-0.3, -0.25) is 4.79 Å². The number of benzene rings is 2. The molecule has 2 aromatic rings. The minimum absolute atomic E-state index is 0.467. The third kappa shape index (κ3) is 2.80. The van der Waals surface area contributed by atoms with Crippen LogP contribution in [0.4, 0.5) is 0 Å². The van der Waals surface area contributed by atoms with Gasteiger partial charge in [0, 0.05) is 20.2 Å². The lowest BCUT2D eigenvalue weighted by atomic mass is 10.0. The first-order chi connectivity index (χ1) is 14.3. The molecule has 0 fully saturated rings. The standard InChI is InChI=1S/C15H17NO2/c1-11(17)16-9-8-13-5-3-4-12-6-7-14(18-2)10-15(12)13/h3-7,10H,8-9H2,1-2H3,(H,16,17)/i1D3,2D3,3D,4D,5D,6D,7D,9D2,10D. The molecule has 3 heteroatoms. The SMILES string of the molecule is [2H]c1c([2H])c(CC([2H])([2H])NC(=O)C([2H])([2H])[2H])c2c([2H])c(OC([2H])([2H])[2H])c([2H])c([2H])c2c1[2H]. The molecule has 0 aliphatic carbocycles. The Morgan fingerprint density at radius 3 is 3.28 bits per heavy atom. The number of fused-ring (bicyclic) bond motifs is 1. The number of hydrogen-bond acceptors (Lipinski definition) is 2. The van der Waals surface area contributed by atoms with Gasteiger partial charge in [0.05, 0.1) is 19.4 Å².